The number of thioether (sulfide) groups is 1. The van der Waals surface area contributed by atoms with E-state index in [-0.39, 0.29) is 0 Å². The lowest BCUT2D eigenvalue weighted by Gasteiger charge is -2.15. The van der Waals surface area contributed by atoms with Gasteiger partial charge in [0.25, 0.3) is 0 Å². The van der Waals surface area contributed by atoms with E-state index in [0.717, 1.165) is 35.6 Å². The SMILES string of the molecule is CN=C(NCc1ccc(C)c(OC)c1)NCC1CCCS1. The number of nitrogens with one attached hydrogen (secondary N) is 2. The Balaban J connectivity index is 1.82. The summed E-state index contributed by atoms with van der Waals surface area (Å²) in [5, 5.41) is 7.49. The van der Waals surface area contributed by atoms with Gasteiger partial charge in [-0.2, -0.15) is 11.8 Å². The Labute approximate surface area is 131 Å². The fourth-order valence-corrected chi connectivity index (χ4v) is 3.60. The molecule has 1 aromatic rings. The molecule has 5 heteroatoms. The molecule has 2 N–H and O–H groups in total. The minimum atomic E-state index is 0.725. The zero-order chi connectivity index (χ0) is 15.1. The van der Waals surface area contributed by atoms with Crippen molar-refractivity contribution in [2.45, 2.75) is 31.6 Å². The number of methoxy groups -OCH3 is 1. The molecule has 1 aliphatic heterocycles. The maximum absolute atomic E-state index is 5.36. The monoisotopic (exact) mass is 307 g/mol. The Kier molecular flexibility index (Phi) is 6.23. The molecule has 1 fully saturated rings. The van der Waals surface area contributed by atoms with E-state index < -0.39 is 0 Å². The number of guanidine groups is 1. The Morgan fingerprint density at radius 1 is 1.43 bits per heavy atom. The van der Waals surface area contributed by atoms with Gasteiger partial charge in [0.15, 0.2) is 5.96 Å². The lowest BCUT2D eigenvalue weighted by molar-refractivity contribution is 0.411. The second kappa shape index (κ2) is 8.17. The third-order valence-corrected chi connectivity index (χ3v) is 5.08. The topological polar surface area (TPSA) is 45.7 Å². The van der Waals surface area contributed by atoms with Crippen molar-refractivity contribution >= 4 is 17.7 Å². The molecule has 21 heavy (non-hydrogen) atoms. The van der Waals surface area contributed by atoms with Gasteiger partial charge in [-0.1, -0.05) is 12.1 Å². The van der Waals surface area contributed by atoms with Crippen molar-refractivity contribution in [3.63, 3.8) is 0 Å². The molecule has 0 saturated carbocycles. The summed E-state index contributed by atoms with van der Waals surface area (Å²) in [5.74, 6) is 3.09. The van der Waals surface area contributed by atoms with E-state index in [1.54, 1.807) is 7.11 Å². The van der Waals surface area contributed by atoms with Crippen LogP contribution >= 0.6 is 11.8 Å². The summed E-state index contributed by atoms with van der Waals surface area (Å²) >= 11 is 2.05. The lowest BCUT2D eigenvalue weighted by atomic mass is 10.1. The van der Waals surface area contributed by atoms with Crippen molar-refractivity contribution in [2.75, 3.05) is 26.5 Å². The highest BCUT2D eigenvalue weighted by molar-refractivity contribution is 8.00. The first-order valence-corrected chi connectivity index (χ1v) is 8.47. The second-order valence-electron chi connectivity index (χ2n) is 5.25. The normalized spacial score (nSPS) is 18.6. The van der Waals surface area contributed by atoms with Crippen LogP contribution in [0.25, 0.3) is 0 Å². The fraction of sp³-hybridized carbons (Fsp3) is 0.562. The number of aliphatic imine (C=N–C) groups is 1. The van der Waals surface area contributed by atoms with E-state index in [0.29, 0.717) is 0 Å². The van der Waals surface area contributed by atoms with Gasteiger partial charge in [0.2, 0.25) is 0 Å². The van der Waals surface area contributed by atoms with Crippen molar-refractivity contribution in [2.24, 2.45) is 4.99 Å². The van der Waals surface area contributed by atoms with Gasteiger partial charge in [-0.3, -0.25) is 4.99 Å². The second-order valence-corrected chi connectivity index (χ2v) is 6.65. The minimum Gasteiger partial charge on any atom is -0.496 e. The molecule has 0 aromatic heterocycles. The van der Waals surface area contributed by atoms with Gasteiger partial charge < -0.3 is 15.4 Å². The zero-order valence-electron chi connectivity index (χ0n) is 13.1. The molecule has 0 aliphatic carbocycles. The molecule has 116 valence electrons. The van der Waals surface area contributed by atoms with Crippen LogP contribution in [-0.2, 0) is 6.54 Å². The first-order valence-electron chi connectivity index (χ1n) is 7.42. The number of rotatable bonds is 5. The van der Waals surface area contributed by atoms with Gasteiger partial charge in [-0.25, -0.2) is 0 Å². The molecule has 0 radical (unpaired) electrons. The maximum atomic E-state index is 5.36. The highest BCUT2D eigenvalue weighted by atomic mass is 32.2. The number of ether oxygens (including phenoxy) is 1. The van der Waals surface area contributed by atoms with Gasteiger partial charge in [-0.05, 0) is 42.7 Å². The molecule has 1 heterocycles. The van der Waals surface area contributed by atoms with Crippen LogP contribution in [0.1, 0.15) is 24.0 Å². The van der Waals surface area contributed by atoms with Gasteiger partial charge >= 0.3 is 0 Å². The Morgan fingerprint density at radius 2 is 2.29 bits per heavy atom. The van der Waals surface area contributed by atoms with Crippen LogP contribution in [0, 0.1) is 6.92 Å². The summed E-state index contributed by atoms with van der Waals surface area (Å²) in [6, 6.07) is 6.27. The highest BCUT2D eigenvalue weighted by Gasteiger charge is 2.15. The van der Waals surface area contributed by atoms with Crippen LogP contribution in [0.15, 0.2) is 23.2 Å². The minimum absolute atomic E-state index is 0.725. The van der Waals surface area contributed by atoms with Crippen LogP contribution in [0.5, 0.6) is 5.75 Å². The molecule has 0 amide bonds. The molecule has 1 aromatic carbocycles. The van der Waals surface area contributed by atoms with Crippen molar-refractivity contribution in [3.05, 3.63) is 29.3 Å². The summed E-state index contributed by atoms with van der Waals surface area (Å²) in [7, 11) is 3.52. The van der Waals surface area contributed by atoms with Crippen molar-refractivity contribution in [1.29, 1.82) is 0 Å². The predicted molar refractivity (Wildman–Crippen MR) is 91.4 cm³/mol. The molecule has 1 atom stereocenters. The predicted octanol–water partition coefficient (Wildman–Crippen LogP) is 2.56. The molecule has 1 saturated heterocycles. The van der Waals surface area contributed by atoms with Crippen molar-refractivity contribution in [1.82, 2.24) is 10.6 Å². The molecule has 0 bridgehead atoms. The standard InChI is InChI=1S/C16H25N3OS/c1-12-6-7-13(9-15(12)20-3)10-18-16(17-2)19-11-14-5-4-8-21-14/h6-7,9,14H,4-5,8,10-11H2,1-3H3,(H2,17,18,19). The quantitative estimate of drug-likeness (QED) is 0.648. The van der Waals surface area contributed by atoms with Crippen LogP contribution < -0.4 is 15.4 Å². The van der Waals surface area contributed by atoms with Crippen molar-refractivity contribution in [3.8, 4) is 5.75 Å². The number of hydrogen-bond acceptors (Lipinski definition) is 3. The third kappa shape index (κ3) is 4.84. The third-order valence-electron chi connectivity index (χ3n) is 3.68. The van der Waals surface area contributed by atoms with E-state index in [2.05, 4.69) is 52.5 Å². The average Bonchev–Trinajstić information content (AvgIpc) is 3.02. The van der Waals surface area contributed by atoms with Gasteiger partial charge in [0, 0.05) is 25.4 Å². The first-order chi connectivity index (χ1) is 10.2. The summed E-state index contributed by atoms with van der Waals surface area (Å²) in [5.41, 5.74) is 2.35. The Hall–Kier alpha value is -1.36. The Bertz CT molecular complexity index is 484. The molecule has 1 aliphatic rings. The molecule has 4 nitrogen and oxygen atoms in total. The fourth-order valence-electron chi connectivity index (χ4n) is 2.40. The number of aryl methyl sites for hydroxylation is 1. The van der Waals surface area contributed by atoms with Crippen LogP contribution in [0.2, 0.25) is 0 Å². The summed E-state index contributed by atoms with van der Waals surface area (Å²) in [6.07, 6.45) is 2.65. The van der Waals surface area contributed by atoms with Crippen molar-refractivity contribution < 1.29 is 4.74 Å². The van der Waals surface area contributed by atoms with Gasteiger partial charge in [0.1, 0.15) is 5.75 Å². The number of benzene rings is 1. The molecular formula is C16H25N3OS. The van der Waals surface area contributed by atoms with Crippen LogP contribution in [-0.4, -0.2) is 37.7 Å². The molecule has 2 rings (SSSR count). The summed E-state index contributed by atoms with van der Waals surface area (Å²) in [4.78, 5) is 4.28. The van der Waals surface area contributed by atoms with Crippen LogP contribution in [0.4, 0.5) is 0 Å². The summed E-state index contributed by atoms with van der Waals surface area (Å²) in [6.45, 7) is 3.78. The van der Waals surface area contributed by atoms with E-state index in [4.69, 9.17) is 4.74 Å². The van der Waals surface area contributed by atoms with E-state index >= 15 is 0 Å². The van der Waals surface area contributed by atoms with Gasteiger partial charge in [-0.15, -0.1) is 0 Å². The maximum Gasteiger partial charge on any atom is 0.191 e. The Morgan fingerprint density at radius 3 is 2.95 bits per heavy atom. The molecule has 1 unspecified atom stereocenters. The molecule has 0 spiro atoms. The average molecular weight is 307 g/mol. The zero-order valence-corrected chi connectivity index (χ0v) is 13.9. The van der Waals surface area contributed by atoms with E-state index in [9.17, 15) is 0 Å². The summed E-state index contributed by atoms with van der Waals surface area (Å²) < 4.78 is 5.36. The smallest absolute Gasteiger partial charge is 0.191 e. The van der Waals surface area contributed by atoms with E-state index in [1.807, 2.05) is 7.05 Å². The first kappa shape index (κ1) is 16.0. The van der Waals surface area contributed by atoms with Crippen LogP contribution in [0.3, 0.4) is 0 Å². The molecular weight excluding hydrogens is 282 g/mol. The number of nitrogens with zero attached hydrogens (tertiary/aromatic N) is 1. The number of hydrogen-bond donors (Lipinski definition) is 2. The lowest BCUT2D eigenvalue weighted by Crippen LogP contribution is -2.39. The largest absolute Gasteiger partial charge is 0.496 e. The highest BCUT2D eigenvalue weighted by Crippen LogP contribution is 2.25. The van der Waals surface area contributed by atoms with Gasteiger partial charge in [0.05, 0.1) is 7.11 Å². The van der Waals surface area contributed by atoms with E-state index in [1.165, 1.54) is 24.2 Å².